The van der Waals surface area contributed by atoms with Gasteiger partial charge < -0.3 is 14.4 Å². The molecule has 0 saturated carbocycles. The first-order valence-electron chi connectivity index (χ1n) is 7.79. The van der Waals surface area contributed by atoms with E-state index in [1.165, 1.54) is 5.69 Å². The fourth-order valence-corrected chi connectivity index (χ4v) is 3.01. The zero-order chi connectivity index (χ0) is 14.5. The molecule has 1 atom stereocenters. The van der Waals surface area contributed by atoms with E-state index < -0.39 is 0 Å². The molecule has 2 saturated heterocycles. The lowest BCUT2D eigenvalue weighted by Gasteiger charge is -2.34. The highest BCUT2D eigenvalue weighted by Crippen LogP contribution is 2.23. The molecule has 4 heteroatoms. The Hall–Kier alpha value is -1.57. The SMILES string of the molecule is N#Cc1ccc(N2CCC(OCC3CCOC3)CC2)cc1. The average Bonchev–Trinajstić information content (AvgIpc) is 3.07. The minimum Gasteiger partial charge on any atom is -0.381 e. The second-order valence-electron chi connectivity index (χ2n) is 5.91. The van der Waals surface area contributed by atoms with E-state index in [1.54, 1.807) is 0 Å². The lowest BCUT2D eigenvalue weighted by Crippen LogP contribution is -2.37. The number of piperidine rings is 1. The smallest absolute Gasteiger partial charge is 0.0991 e. The van der Waals surface area contributed by atoms with Crippen LogP contribution >= 0.6 is 0 Å². The summed E-state index contributed by atoms with van der Waals surface area (Å²) in [5.41, 5.74) is 1.92. The molecule has 21 heavy (non-hydrogen) atoms. The summed E-state index contributed by atoms with van der Waals surface area (Å²) in [6.45, 7) is 4.66. The maximum Gasteiger partial charge on any atom is 0.0991 e. The molecule has 2 fully saturated rings. The van der Waals surface area contributed by atoms with E-state index in [0.29, 0.717) is 12.0 Å². The number of hydrogen-bond acceptors (Lipinski definition) is 4. The molecular weight excluding hydrogens is 264 g/mol. The number of ether oxygens (including phenoxy) is 2. The molecule has 0 bridgehead atoms. The number of benzene rings is 1. The Morgan fingerprint density at radius 2 is 1.95 bits per heavy atom. The van der Waals surface area contributed by atoms with Gasteiger partial charge in [-0.2, -0.15) is 5.26 Å². The minimum atomic E-state index is 0.389. The van der Waals surface area contributed by atoms with Crippen LogP contribution in [-0.4, -0.2) is 39.0 Å². The molecule has 0 amide bonds. The van der Waals surface area contributed by atoms with Gasteiger partial charge in [-0.25, -0.2) is 0 Å². The van der Waals surface area contributed by atoms with Gasteiger partial charge in [-0.15, -0.1) is 0 Å². The van der Waals surface area contributed by atoms with E-state index >= 15 is 0 Å². The van der Waals surface area contributed by atoms with Crippen LogP contribution in [0, 0.1) is 17.2 Å². The van der Waals surface area contributed by atoms with Gasteiger partial charge in [0, 0.05) is 31.3 Å². The summed E-state index contributed by atoms with van der Waals surface area (Å²) >= 11 is 0. The van der Waals surface area contributed by atoms with Crippen molar-refractivity contribution < 1.29 is 9.47 Å². The molecule has 0 spiro atoms. The van der Waals surface area contributed by atoms with E-state index in [1.807, 2.05) is 24.3 Å². The molecule has 2 aliphatic heterocycles. The van der Waals surface area contributed by atoms with Gasteiger partial charge in [0.25, 0.3) is 0 Å². The van der Waals surface area contributed by atoms with Gasteiger partial charge in [-0.1, -0.05) is 0 Å². The number of nitrogens with zero attached hydrogens (tertiary/aromatic N) is 2. The fraction of sp³-hybridized carbons (Fsp3) is 0.588. The van der Waals surface area contributed by atoms with Gasteiger partial charge in [0.1, 0.15) is 0 Å². The van der Waals surface area contributed by atoms with Crippen LogP contribution in [0.4, 0.5) is 5.69 Å². The lowest BCUT2D eigenvalue weighted by molar-refractivity contribution is 0.0132. The Morgan fingerprint density at radius 3 is 2.57 bits per heavy atom. The first kappa shape index (κ1) is 14.4. The van der Waals surface area contributed by atoms with Crippen molar-refractivity contribution in [1.29, 1.82) is 5.26 Å². The topological polar surface area (TPSA) is 45.5 Å². The van der Waals surface area contributed by atoms with E-state index in [9.17, 15) is 0 Å². The van der Waals surface area contributed by atoms with Crippen molar-refractivity contribution in [1.82, 2.24) is 0 Å². The normalized spacial score (nSPS) is 23.2. The van der Waals surface area contributed by atoms with Crippen molar-refractivity contribution >= 4 is 5.69 Å². The standard InChI is InChI=1S/C17H22N2O2/c18-11-14-1-3-16(4-2-14)19-8-5-17(6-9-19)21-13-15-7-10-20-12-15/h1-4,15,17H,5-10,12-13H2. The van der Waals surface area contributed by atoms with Crippen molar-refractivity contribution in [2.24, 2.45) is 5.92 Å². The molecule has 1 aromatic carbocycles. The summed E-state index contributed by atoms with van der Waals surface area (Å²) in [5, 5.41) is 8.83. The largest absolute Gasteiger partial charge is 0.381 e. The van der Waals surface area contributed by atoms with Crippen molar-refractivity contribution in [3.63, 3.8) is 0 Å². The average molecular weight is 286 g/mol. The zero-order valence-electron chi connectivity index (χ0n) is 12.3. The highest BCUT2D eigenvalue weighted by Gasteiger charge is 2.22. The van der Waals surface area contributed by atoms with Gasteiger partial charge in [-0.05, 0) is 43.5 Å². The van der Waals surface area contributed by atoms with Gasteiger partial charge in [-0.3, -0.25) is 0 Å². The van der Waals surface area contributed by atoms with E-state index in [4.69, 9.17) is 14.7 Å². The van der Waals surface area contributed by atoms with Gasteiger partial charge >= 0.3 is 0 Å². The molecule has 0 aromatic heterocycles. The second-order valence-corrected chi connectivity index (χ2v) is 5.91. The third-order valence-electron chi connectivity index (χ3n) is 4.40. The highest BCUT2D eigenvalue weighted by atomic mass is 16.5. The number of anilines is 1. The number of hydrogen-bond donors (Lipinski definition) is 0. The summed E-state index contributed by atoms with van der Waals surface area (Å²) in [5.74, 6) is 0.599. The van der Waals surface area contributed by atoms with Crippen LogP contribution in [0.25, 0.3) is 0 Å². The molecule has 2 aliphatic rings. The predicted molar refractivity (Wildman–Crippen MR) is 81.3 cm³/mol. The molecular formula is C17H22N2O2. The summed E-state index contributed by atoms with van der Waals surface area (Å²) < 4.78 is 11.4. The van der Waals surface area contributed by atoms with E-state index in [0.717, 1.165) is 57.7 Å². The Morgan fingerprint density at radius 1 is 1.19 bits per heavy atom. The minimum absolute atomic E-state index is 0.389. The van der Waals surface area contributed by atoms with Gasteiger partial charge in [0.2, 0.25) is 0 Å². The third kappa shape index (κ3) is 3.75. The molecule has 0 radical (unpaired) electrons. The maximum absolute atomic E-state index is 8.83. The summed E-state index contributed by atoms with van der Waals surface area (Å²) in [7, 11) is 0. The highest BCUT2D eigenvalue weighted by molar-refractivity contribution is 5.49. The molecule has 112 valence electrons. The molecule has 3 rings (SSSR count). The Kier molecular flexibility index (Phi) is 4.74. The van der Waals surface area contributed by atoms with Crippen molar-refractivity contribution in [3.8, 4) is 6.07 Å². The van der Waals surface area contributed by atoms with Crippen LogP contribution in [0.3, 0.4) is 0 Å². The van der Waals surface area contributed by atoms with Crippen LogP contribution in [0.2, 0.25) is 0 Å². The van der Waals surface area contributed by atoms with Gasteiger partial charge in [0.15, 0.2) is 0 Å². The predicted octanol–water partition coefficient (Wildman–Crippen LogP) is 2.58. The van der Waals surface area contributed by atoms with Crippen LogP contribution < -0.4 is 4.90 Å². The van der Waals surface area contributed by atoms with E-state index in [2.05, 4.69) is 11.0 Å². The molecule has 1 aromatic rings. The summed E-state index contributed by atoms with van der Waals surface area (Å²) in [4.78, 5) is 2.37. The van der Waals surface area contributed by atoms with Crippen LogP contribution in [0.5, 0.6) is 0 Å². The first-order valence-corrected chi connectivity index (χ1v) is 7.79. The van der Waals surface area contributed by atoms with Crippen LogP contribution in [-0.2, 0) is 9.47 Å². The van der Waals surface area contributed by atoms with Crippen molar-refractivity contribution in [3.05, 3.63) is 29.8 Å². The molecule has 2 heterocycles. The maximum atomic E-state index is 8.83. The third-order valence-corrected chi connectivity index (χ3v) is 4.40. The molecule has 0 N–H and O–H groups in total. The number of rotatable bonds is 4. The number of nitriles is 1. The molecule has 0 aliphatic carbocycles. The molecule has 4 nitrogen and oxygen atoms in total. The quantitative estimate of drug-likeness (QED) is 0.853. The van der Waals surface area contributed by atoms with Crippen LogP contribution in [0.1, 0.15) is 24.8 Å². The second kappa shape index (κ2) is 6.93. The van der Waals surface area contributed by atoms with Crippen molar-refractivity contribution in [2.75, 3.05) is 37.8 Å². The van der Waals surface area contributed by atoms with Crippen LogP contribution in [0.15, 0.2) is 24.3 Å². The van der Waals surface area contributed by atoms with Crippen molar-refractivity contribution in [2.45, 2.75) is 25.4 Å². The Balaban J connectivity index is 1.44. The van der Waals surface area contributed by atoms with Gasteiger partial charge in [0.05, 0.1) is 31.0 Å². The summed E-state index contributed by atoms with van der Waals surface area (Å²) in [6, 6.07) is 10.0. The first-order chi connectivity index (χ1) is 10.3. The summed E-state index contributed by atoms with van der Waals surface area (Å²) in [6.07, 6.45) is 3.69. The van der Waals surface area contributed by atoms with E-state index in [-0.39, 0.29) is 0 Å². The molecule has 1 unspecified atom stereocenters. The fourth-order valence-electron chi connectivity index (χ4n) is 3.01. The monoisotopic (exact) mass is 286 g/mol. The Bertz CT molecular complexity index is 481. The lowest BCUT2D eigenvalue weighted by atomic mass is 10.1. The zero-order valence-corrected chi connectivity index (χ0v) is 12.3. The Labute approximate surface area is 126 Å².